The van der Waals surface area contributed by atoms with Crippen molar-refractivity contribution < 1.29 is 9.53 Å². The molecule has 0 aromatic rings. The summed E-state index contributed by atoms with van der Waals surface area (Å²) in [6.07, 6.45) is 5.57. The van der Waals surface area contributed by atoms with E-state index in [-0.39, 0.29) is 6.04 Å². The average Bonchev–Trinajstić information content (AvgIpc) is 2.38. The molecule has 4 nitrogen and oxygen atoms in total. The summed E-state index contributed by atoms with van der Waals surface area (Å²) in [6.45, 7) is 9.78. The topological polar surface area (TPSA) is 41.6 Å². The van der Waals surface area contributed by atoms with Crippen LogP contribution in [0.15, 0.2) is 0 Å². The average molecular weight is 270 g/mol. The number of likely N-dealkylation sites (tertiary alicyclic amines) is 1. The molecular formula is C15H30N2O2. The van der Waals surface area contributed by atoms with E-state index in [0.717, 1.165) is 58.3 Å². The molecule has 0 aromatic heterocycles. The van der Waals surface area contributed by atoms with Gasteiger partial charge in [-0.25, -0.2) is 0 Å². The molecule has 1 unspecified atom stereocenters. The first kappa shape index (κ1) is 16.4. The molecule has 1 saturated heterocycles. The van der Waals surface area contributed by atoms with E-state index >= 15 is 0 Å². The van der Waals surface area contributed by atoms with Crippen molar-refractivity contribution in [3.05, 3.63) is 0 Å². The highest BCUT2D eigenvalue weighted by atomic mass is 16.5. The molecule has 1 N–H and O–H groups in total. The summed E-state index contributed by atoms with van der Waals surface area (Å²) in [5.74, 6) is 0.296. The van der Waals surface area contributed by atoms with Crippen molar-refractivity contribution in [2.75, 3.05) is 26.2 Å². The fraction of sp³-hybridized carbons (Fsp3) is 0.933. The Bertz CT molecular complexity index is 257. The molecule has 1 rings (SSSR count). The van der Waals surface area contributed by atoms with Gasteiger partial charge in [-0.15, -0.1) is 0 Å². The lowest BCUT2D eigenvalue weighted by Gasteiger charge is -2.32. The maximum atomic E-state index is 12.2. The lowest BCUT2D eigenvalue weighted by atomic mass is 10.0. The van der Waals surface area contributed by atoms with Gasteiger partial charge in [-0.05, 0) is 52.5 Å². The van der Waals surface area contributed by atoms with Crippen molar-refractivity contribution in [3.8, 4) is 0 Å². The zero-order valence-electron chi connectivity index (χ0n) is 12.8. The highest BCUT2D eigenvalue weighted by Gasteiger charge is 2.27. The van der Waals surface area contributed by atoms with E-state index in [0.29, 0.717) is 12.0 Å². The molecule has 0 radical (unpaired) electrons. The Kier molecular flexibility index (Phi) is 8.07. The van der Waals surface area contributed by atoms with Gasteiger partial charge in [0.15, 0.2) is 0 Å². The number of nitrogens with one attached hydrogen (secondary N) is 1. The van der Waals surface area contributed by atoms with Crippen LogP contribution in [0.1, 0.15) is 52.9 Å². The number of hydrogen-bond acceptors (Lipinski definition) is 3. The van der Waals surface area contributed by atoms with Gasteiger partial charge in [-0.1, -0.05) is 6.92 Å². The smallest absolute Gasteiger partial charge is 0.239 e. The number of amides is 1. The van der Waals surface area contributed by atoms with Gasteiger partial charge >= 0.3 is 0 Å². The van der Waals surface area contributed by atoms with Crippen molar-refractivity contribution in [1.29, 1.82) is 0 Å². The van der Waals surface area contributed by atoms with Crippen LogP contribution >= 0.6 is 0 Å². The summed E-state index contributed by atoms with van der Waals surface area (Å²) in [6, 6.07) is 0.0561. The molecule has 0 aromatic carbocycles. The van der Waals surface area contributed by atoms with Crippen LogP contribution < -0.4 is 5.32 Å². The van der Waals surface area contributed by atoms with Gasteiger partial charge < -0.3 is 15.0 Å². The van der Waals surface area contributed by atoms with Crippen LogP contribution in [-0.4, -0.2) is 49.2 Å². The highest BCUT2D eigenvalue weighted by Crippen LogP contribution is 2.12. The highest BCUT2D eigenvalue weighted by molar-refractivity contribution is 5.82. The number of carbonyl (C=O) groups is 1. The second kappa shape index (κ2) is 9.32. The van der Waals surface area contributed by atoms with Crippen molar-refractivity contribution in [3.63, 3.8) is 0 Å². The zero-order chi connectivity index (χ0) is 14.1. The molecular weight excluding hydrogens is 240 g/mol. The van der Waals surface area contributed by atoms with Gasteiger partial charge in [-0.2, -0.15) is 0 Å². The summed E-state index contributed by atoms with van der Waals surface area (Å²) >= 11 is 0. The predicted octanol–water partition coefficient (Wildman–Crippen LogP) is 2.18. The van der Waals surface area contributed by atoms with E-state index in [1.165, 1.54) is 0 Å². The summed E-state index contributed by atoms with van der Waals surface area (Å²) in [4.78, 5) is 14.3. The number of nitrogens with zero attached hydrogens (tertiary/aromatic N) is 1. The lowest BCUT2D eigenvalue weighted by Crippen LogP contribution is -2.51. The Morgan fingerprint density at radius 3 is 2.89 bits per heavy atom. The van der Waals surface area contributed by atoms with Gasteiger partial charge in [0.05, 0.1) is 12.1 Å². The van der Waals surface area contributed by atoms with E-state index in [1.807, 2.05) is 4.90 Å². The summed E-state index contributed by atoms with van der Waals surface area (Å²) in [5.41, 5.74) is 0. The Morgan fingerprint density at radius 1 is 1.42 bits per heavy atom. The third-order valence-electron chi connectivity index (χ3n) is 3.44. The third-order valence-corrected chi connectivity index (χ3v) is 3.44. The molecule has 1 aliphatic rings. The molecule has 1 aliphatic heterocycles. The summed E-state index contributed by atoms with van der Waals surface area (Å²) in [7, 11) is 0. The molecule has 1 atom stereocenters. The van der Waals surface area contributed by atoms with Crippen molar-refractivity contribution >= 4 is 5.91 Å². The third kappa shape index (κ3) is 6.39. The molecule has 0 aliphatic carbocycles. The molecule has 1 amide bonds. The first-order chi connectivity index (χ1) is 9.15. The van der Waals surface area contributed by atoms with E-state index in [1.54, 1.807) is 0 Å². The molecule has 1 heterocycles. The second-order valence-electron chi connectivity index (χ2n) is 5.60. The number of ether oxygens (including phenoxy) is 1. The molecule has 4 heteroatoms. The molecule has 0 spiro atoms. The van der Waals surface area contributed by atoms with Gasteiger partial charge in [0.25, 0.3) is 0 Å². The molecule has 0 saturated carbocycles. The minimum atomic E-state index is 0.0561. The van der Waals surface area contributed by atoms with Crippen LogP contribution in [0.2, 0.25) is 0 Å². The number of carbonyl (C=O) groups excluding carboxylic acids is 1. The Labute approximate surface area is 117 Å². The van der Waals surface area contributed by atoms with Crippen molar-refractivity contribution in [2.24, 2.45) is 0 Å². The molecule has 1 fully saturated rings. The van der Waals surface area contributed by atoms with Gasteiger partial charge in [0.2, 0.25) is 5.91 Å². The molecule has 0 bridgehead atoms. The lowest BCUT2D eigenvalue weighted by molar-refractivity contribution is -0.136. The Morgan fingerprint density at radius 2 is 2.21 bits per heavy atom. The number of unbranched alkanes of at least 4 members (excludes halogenated alkanes) is 1. The minimum Gasteiger partial charge on any atom is -0.379 e. The van der Waals surface area contributed by atoms with E-state index < -0.39 is 0 Å². The molecule has 19 heavy (non-hydrogen) atoms. The number of piperidine rings is 1. The quantitative estimate of drug-likeness (QED) is 0.653. The zero-order valence-corrected chi connectivity index (χ0v) is 12.8. The predicted molar refractivity (Wildman–Crippen MR) is 78.2 cm³/mol. The largest absolute Gasteiger partial charge is 0.379 e. The first-order valence-electron chi connectivity index (χ1n) is 7.79. The van der Waals surface area contributed by atoms with Gasteiger partial charge in [-0.3, -0.25) is 4.79 Å². The number of hydrogen-bond donors (Lipinski definition) is 1. The standard InChI is InChI=1S/C15H30N2O2/c1-4-9-16-14-8-7-11-17(15(14)18)10-5-6-12-19-13(2)3/h13-14,16H,4-12H2,1-3H3. The second-order valence-corrected chi connectivity index (χ2v) is 5.60. The van der Waals surface area contributed by atoms with E-state index in [2.05, 4.69) is 26.1 Å². The summed E-state index contributed by atoms with van der Waals surface area (Å²) in [5, 5.41) is 3.35. The van der Waals surface area contributed by atoms with Crippen LogP contribution in [-0.2, 0) is 9.53 Å². The van der Waals surface area contributed by atoms with Crippen LogP contribution in [0.3, 0.4) is 0 Å². The maximum absolute atomic E-state index is 12.2. The normalized spacial score (nSPS) is 20.3. The number of rotatable bonds is 9. The van der Waals surface area contributed by atoms with Crippen LogP contribution in [0, 0.1) is 0 Å². The SMILES string of the molecule is CCCNC1CCCN(CCCCOC(C)C)C1=O. The fourth-order valence-electron chi connectivity index (χ4n) is 2.39. The molecule has 112 valence electrons. The van der Waals surface area contributed by atoms with Crippen LogP contribution in [0.25, 0.3) is 0 Å². The van der Waals surface area contributed by atoms with Crippen LogP contribution in [0.4, 0.5) is 0 Å². The van der Waals surface area contributed by atoms with E-state index in [4.69, 9.17) is 4.74 Å². The van der Waals surface area contributed by atoms with Crippen molar-refractivity contribution in [1.82, 2.24) is 10.2 Å². The minimum absolute atomic E-state index is 0.0561. The fourth-order valence-corrected chi connectivity index (χ4v) is 2.39. The van der Waals surface area contributed by atoms with Gasteiger partial charge in [0, 0.05) is 19.7 Å². The first-order valence-corrected chi connectivity index (χ1v) is 7.79. The van der Waals surface area contributed by atoms with Crippen molar-refractivity contribution in [2.45, 2.75) is 65.0 Å². The summed E-state index contributed by atoms with van der Waals surface area (Å²) < 4.78 is 5.52. The Balaban J connectivity index is 2.19. The van der Waals surface area contributed by atoms with Crippen LogP contribution in [0.5, 0.6) is 0 Å². The maximum Gasteiger partial charge on any atom is 0.239 e. The van der Waals surface area contributed by atoms with E-state index in [9.17, 15) is 4.79 Å². The Hall–Kier alpha value is -0.610. The monoisotopic (exact) mass is 270 g/mol. The van der Waals surface area contributed by atoms with Gasteiger partial charge in [0.1, 0.15) is 0 Å².